The number of ether oxygens (including phenoxy) is 1. The Kier molecular flexibility index (Phi) is 12.6. The Hall–Kier alpha value is -5.20. The fraction of sp³-hybridized carbons (Fsp3) is 0.281. The van der Waals surface area contributed by atoms with Crippen molar-refractivity contribution in [3.63, 3.8) is 0 Å². The second-order valence-electron chi connectivity index (χ2n) is 9.98. The molecule has 1 unspecified atom stereocenters. The first-order chi connectivity index (χ1) is 21.4. The molecule has 4 amide bonds. The van der Waals surface area contributed by atoms with Gasteiger partial charge >= 0.3 is 24.1 Å². The van der Waals surface area contributed by atoms with Gasteiger partial charge in [0.1, 0.15) is 0 Å². The predicted octanol–water partition coefficient (Wildman–Crippen LogP) is 4.49. The lowest BCUT2D eigenvalue weighted by Gasteiger charge is -2.19. The number of hydrogen-bond acceptors (Lipinski definition) is 6. The second kappa shape index (κ2) is 16.6. The van der Waals surface area contributed by atoms with Gasteiger partial charge in [0.25, 0.3) is 0 Å². The standard InChI is InChI=1S/C32H33F3N4O6/c1-21(22-9-4-2-5-10-22)38-31(44)36-18-8-13-27(40)37-20-28(41)39-26(19-29(42)45-30(43)32(33,34)35)25-16-14-24(15-17-25)23-11-6-3-7-12-23/h2-7,9-12,14-17,21,26H,8,13,18-20H2,1H3,(H,37,40)(H,39,41)(H2,36,38,44)/t21-,26?/m1/s1. The molecule has 0 radical (unpaired) electrons. The van der Waals surface area contributed by atoms with Gasteiger partial charge < -0.3 is 26.0 Å². The quantitative estimate of drug-likeness (QED) is 0.125. The number of nitrogens with one attached hydrogen (secondary N) is 4. The molecule has 45 heavy (non-hydrogen) atoms. The van der Waals surface area contributed by atoms with Crippen LogP contribution in [0.25, 0.3) is 11.1 Å². The molecular formula is C32H33F3N4O6. The number of esters is 2. The fourth-order valence-electron chi connectivity index (χ4n) is 4.20. The summed E-state index contributed by atoms with van der Waals surface area (Å²) in [6.45, 7) is 1.55. The van der Waals surface area contributed by atoms with Crippen LogP contribution in [-0.2, 0) is 23.9 Å². The third-order valence-electron chi connectivity index (χ3n) is 6.52. The van der Waals surface area contributed by atoms with E-state index in [2.05, 4.69) is 26.0 Å². The molecule has 4 N–H and O–H groups in total. The average Bonchev–Trinajstić information content (AvgIpc) is 3.02. The van der Waals surface area contributed by atoms with Gasteiger partial charge in [-0.25, -0.2) is 9.59 Å². The van der Waals surface area contributed by atoms with E-state index in [1.165, 1.54) is 0 Å². The number of halogens is 3. The van der Waals surface area contributed by atoms with Gasteiger partial charge in [-0.15, -0.1) is 0 Å². The zero-order valence-corrected chi connectivity index (χ0v) is 24.4. The zero-order valence-electron chi connectivity index (χ0n) is 24.4. The number of urea groups is 1. The van der Waals surface area contributed by atoms with E-state index in [0.29, 0.717) is 5.56 Å². The minimum atomic E-state index is -5.37. The van der Waals surface area contributed by atoms with Crippen molar-refractivity contribution in [1.82, 2.24) is 21.3 Å². The first-order valence-corrected chi connectivity index (χ1v) is 14.0. The zero-order chi connectivity index (χ0) is 32.8. The molecule has 0 aromatic heterocycles. The van der Waals surface area contributed by atoms with Gasteiger partial charge in [-0.3, -0.25) is 14.4 Å². The number of benzene rings is 3. The first kappa shape index (κ1) is 34.3. The van der Waals surface area contributed by atoms with E-state index in [1.54, 1.807) is 24.3 Å². The summed E-state index contributed by atoms with van der Waals surface area (Å²) < 4.78 is 41.6. The maximum atomic E-state index is 12.6. The van der Waals surface area contributed by atoms with E-state index in [9.17, 15) is 37.1 Å². The normalized spacial score (nSPS) is 12.3. The van der Waals surface area contributed by atoms with Crippen molar-refractivity contribution < 1.29 is 41.9 Å². The number of hydrogen-bond donors (Lipinski definition) is 4. The summed E-state index contributed by atoms with van der Waals surface area (Å²) >= 11 is 0. The van der Waals surface area contributed by atoms with Crippen molar-refractivity contribution in [2.75, 3.05) is 13.1 Å². The van der Waals surface area contributed by atoms with Crippen LogP contribution in [0.1, 0.15) is 49.4 Å². The minimum absolute atomic E-state index is 0.00193. The highest BCUT2D eigenvalue weighted by Gasteiger charge is 2.42. The van der Waals surface area contributed by atoms with Crippen LogP contribution in [0.4, 0.5) is 18.0 Å². The molecular weight excluding hydrogens is 593 g/mol. The largest absolute Gasteiger partial charge is 0.491 e. The number of rotatable bonds is 13. The number of alkyl halides is 3. The molecule has 0 aliphatic heterocycles. The summed E-state index contributed by atoms with van der Waals surface area (Å²) in [5.74, 6) is -5.37. The summed E-state index contributed by atoms with van der Waals surface area (Å²) in [5.41, 5.74) is 2.99. The van der Waals surface area contributed by atoms with E-state index in [4.69, 9.17) is 0 Å². The highest BCUT2D eigenvalue weighted by atomic mass is 19.4. The average molecular weight is 627 g/mol. The van der Waals surface area contributed by atoms with Crippen molar-refractivity contribution in [3.05, 3.63) is 96.1 Å². The number of carbonyl (C=O) groups is 5. The van der Waals surface area contributed by atoms with Gasteiger partial charge in [-0.1, -0.05) is 84.9 Å². The Morgan fingerprint density at radius 3 is 1.96 bits per heavy atom. The van der Waals surface area contributed by atoms with E-state index in [1.807, 2.05) is 67.6 Å². The van der Waals surface area contributed by atoms with E-state index < -0.39 is 55.0 Å². The maximum absolute atomic E-state index is 12.6. The highest BCUT2D eigenvalue weighted by Crippen LogP contribution is 2.24. The van der Waals surface area contributed by atoms with Gasteiger partial charge in [0, 0.05) is 13.0 Å². The molecule has 10 nitrogen and oxygen atoms in total. The third kappa shape index (κ3) is 11.8. The molecule has 0 fully saturated rings. The lowest BCUT2D eigenvalue weighted by Crippen LogP contribution is -2.40. The Bertz CT molecular complexity index is 1450. The van der Waals surface area contributed by atoms with Crippen LogP contribution in [0.3, 0.4) is 0 Å². The summed E-state index contributed by atoms with van der Waals surface area (Å²) in [7, 11) is 0. The molecule has 3 rings (SSSR count). The van der Waals surface area contributed by atoms with Gasteiger partial charge in [-0.05, 0) is 35.6 Å². The topological polar surface area (TPSA) is 143 Å². The summed E-state index contributed by atoms with van der Waals surface area (Å²) in [4.78, 5) is 60.2. The molecule has 0 saturated heterocycles. The van der Waals surface area contributed by atoms with Crippen molar-refractivity contribution in [1.29, 1.82) is 0 Å². The summed E-state index contributed by atoms with van der Waals surface area (Å²) in [5, 5.41) is 10.4. The molecule has 238 valence electrons. The Morgan fingerprint density at radius 1 is 0.733 bits per heavy atom. The van der Waals surface area contributed by atoms with Crippen molar-refractivity contribution in [3.8, 4) is 11.1 Å². The molecule has 3 aromatic carbocycles. The van der Waals surface area contributed by atoms with E-state index >= 15 is 0 Å². The lowest BCUT2D eigenvalue weighted by molar-refractivity contribution is -0.202. The lowest BCUT2D eigenvalue weighted by atomic mass is 9.99. The molecule has 0 aliphatic carbocycles. The van der Waals surface area contributed by atoms with Crippen LogP contribution in [0.15, 0.2) is 84.9 Å². The Labute approximate surface area is 257 Å². The van der Waals surface area contributed by atoms with Gasteiger partial charge in [0.2, 0.25) is 11.8 Å². The molecule has 0 heterocycles. The highest BCUT2D eigenvalue weighted by molar-refractivity contribution is 5.89. The fourth-order valence-corrected chi connectivity index (χ4v) is 4.20. The van der Waals surface area contributed by atoms with Crippen LogP contribution in [0.5, 0.6) is 0 Å². The maximum Gasteiger partial charge on any atom is 0.491 e. The van der Waals surface area contributed by atoms with Crippen LogP contribution in [-0.4, -0.2) is 49.0 Å². The first-order valence-electron chi connectivity index (χ1n) is 14.0. The third-order valence-corrected chi connectivity index (χ3v) is 6.52. The molecule has 0 saturated carbocycles. The predicted molar refractivity (Wildman–Crippen MR) is 158 cm³/mol. The molecule has 3 aromatic rings. The SMILES string of the molecule is C[C@@H](NC(=O)NCCCC(=O)NCC(=O)NC(CC(=O)OC(=O)C(F)(F)F)c1ccc(-c2ccccc2)cc1)c1ccccc1. The van der Waals surface area contributed by atoms with Crippen molar-refractivity contribution in [2.24, 2.45) is 0 Å². The van der Waals surface area contributed by atoms with Crippen molar-refractivity contribution >= 4 is 29.8 Å². The second-order valence-corrected chi connectivity index (χ2v) is 9.98. The van der Waals surface area contributed by atoms with Gasteiger partial charge in [-0.2, -0.15) is 13.2 Å². The Morgan fingerprint density at radius 2 is 1.33 bits per heavy atom. The molecule has 0 spiro atoms. The number of carbonyl (C=O) groups excluding carboxylic acids is 5. The smallest absolute Gasteiger partial charge is 0.386 e. The molecule has 0 aliphatic rings. The summed E-state index contributed by atoms with van der Waals surface area (Å²) in [6, 6.07) is 23.4. The number of amides is 4. The Balaban J connectivity index is 1.49. The van der Waals surface area contributed by atoms with Crippen LogP contribution < -0.4 is 21.3 Å². The monoisotopic (exact) mass is 626 g/mol. The van der Waals surface area contributed by atoms with Gasteiger partial charge in [0.15, 0.2) is 0 Å². The van der Waals surface area contributed by atoms with Crippen molar-refractivity contribution in [2.45, 2.75) is 44.4 Å². The van der Waals surface area contributed by atoms with Crippen LogP contribution in [0.2, 0.25) is 0 Å². The van der Waals surface area contributed by atoms with Crippen LogP contribution in [0, 0.1) is 0 Å². The molecule has 0 bridgehead atoms. The molecule has 13 heteroatoms. The minimum Gasteiger partial charge on any atom is -0.386 e. The summed E-state index contributed by atoms with van der Waals surface area (Å²) in [6.07, 6.45) is -5.85. The van der Waals surface area contributed by atoms with E-state index in [-0.39, 0.29) is 25.4 Å². The molecule has 2 atom stereocenters. The van der Waals surface area contributed by atoms with E-state index in [0.717, 1.165) is 16.7 Å². The van der Waals surface area contributed by atoms with Gasteiger partial charge in [0.05, 0.1) is 25.0 Å². The van der Waals surface area contributed by atoms with Crippen LogP contribution >= 0.6 is 0 Å².